The molecule has 3 aromatic rings. The van der Waals surface area contributed by atoms with Crippen molar-refractivity contribution in [1.82, 2.24) is 0 Å². The molecule has 1 heterocycles. The molecule has 0 aromatic heterocycles. The molecule has 43 heavy (non-hydrogen) atoms. The molecule has 1 aliphatic rings. The van der Waals surface area contributed by atoms with Crippen LogP contribution in [0.3, 0.4) is 0 Å². The van der Waals surface area contributed by atoms with E-state index >= 15 is 0 Å². The van der Waals surface area contributed by atoms with Gasteiger partial charge in [0.05, 0.1) is 26.7 Å². The summed E-state index contributed by atoms with van der Waals surface area (Å²) in [5.41, 5.74) is 3.38. The van der Waals surface area contributed by atoms with E-state index < -0.39 is 14.4 Å². The SMILES string of the molecule is Cc1ccc([C@@H]2[C@H](O[Si](C)(C)C(C)(C)C)C(=O)OC[C@@H]2C)c(OCc2ccc(Cl)c(Cl)c2)c1OCc1ccc(Cl)c(Cl)c1. The lowest BCUT2D eigenvalue weighted by atomic mass is 9.80. The predicted octanol–water partition coefficient (Wildman–Crippen LogP) is 10.4. The monoisotopic (exact) mass is 682 g/mol. The van der Waals surface area contributed by atoms with Crippen LogP contribution in [0.15, 0.2) is 48.5 Å². The van der Waals surface area contributed by atoms with Gasteiger partial charge in [-0.1, -0.05) is 98.4 Å². The summed E-state index contributed by atoms with van der Waals surface area (Å²) < 4.78 is 25.4. The van der Waals surface area contributed by atoms with E-state index in [2.05, 4.69) is 40.8 Å². The van der Waals surface area contributed by atoms with E-state index in [0.717, 1.165) is 22.3 Å². The molecule has 1 fully saturated rings. The molecule has 10 heteroatoms. The van der Waals surface area contributed by atoms with Gasteiger partial charge < -0.3 is 18.6 Å². The highest BCUT2D eigenvalue weighted by molar-refractivity contribution is 6.74. The quantitative estimate of drug-likeness (QED) is 0.166. The lowest BCUT2D eigenvalue weighted by molar-refractivity contribution is -0.163. The highest BCUT2D eigenvalue weighted by atomic mass is 35.5. The van der Waals surface area contributed by atoms with Crippen LogP contribution >= 0.6 is 46.4 Å². The molecule has 5 nitrogen and oxygen atoms in total. The lowest BCUT2D eigenvalue weighted by Gasteiger charge is -2.43. The Morgan fingerprint density at radius 3 is 1.88 bits per heavy atom. The van der Waals surface area contributed by atoms with Gasteiger partial charge in [0.1, 0.15) is 13.2 Å². The molecule has 4 rings (SSSR count). The Balaban J connectivity index is 1.79. The van der Waals surface area contributed by atoms with Crippen molar-refractivity contribution in [3.63, 3.8) is 0 Å². The van der Waals surface area contributed by atoms with Crippen LogP contribution in [0.2, 0.25) is 38.2 Å². The molecule has 0 bridgehead atoms. The molecule has 0 aliphatic carbocycles. The third-order valence-corrected chi connectivity index (χ3v) is 14.3. The van der Waals surface area contributed by atoms with E-state index in [1.165, 1.54) is 0 Å². The number of cyclic esters (lactones) is 1. The van der Waals surface area contributed by atoms with Crippen LogP contribution in [-0.2, 0) is 27.2 Å². The summed E-state index contributed by atoms with van der Waals surface area (Å²) in [4.78, 5) is 13.4. The van der Waals surface area contributed by atoms with Crippen molar-refractivity contribution in [3.8, 4) is 11.5 Å². The van der Waals surface area contributed by atoms with Crippen molar-refractivity contribution in [3.05, 3.63) is 90.9 Å². The lowest BCUT2D eigenvalue weighted by Crippen LogP contribution is -2.51. The smallest absolute Gasteiger partial charge is 0.334 e. The third-order valence-electron chi connectivity index (χ3n) is 8.32. The summed E-state index contributed by atoms with van der Waals surface area (Å²) >= 11 is 24.9. The van der Waals surface area contributed by atoms with E-state index in [-0.39, 0.29) is 42.7 Å². The third kappa shape index (κ3) is 7.84. The first kappa shape index (κ1) is 33.9. The summed E-state index contributed by atoms with van der Waals surface area (Å²) in [5, 5.41) is 1.72. The topological polar surface area (TPSA) is 54.0 Å². The van der Waals surface area contributed by atoms with Gasteiger partial charge in [-0.2, -0.15) is 0 Å². The summed E-state index contributed by atoms with van der Waals surface area (Å²) in [6, 6.07) is 14.8. The number of halogens is 4. The predicted molar refractivity (Wildman–Crippen MR) is 178 cm³/mol. The second-order valence-electron chi connectivity index (χ2n) is 12.6. The number of hydrogen-bond acceptors (Lipinski definition) is 5. The molecule has 0 unspecified atom stereocenters. The van der Waals surface area contributed by atoms with Crippen LogP contribution in [0.5, 0.6) is 11.5 Å². The van der Waals surface area contributed by atoms with Crippen molar-refractivity contribution in [2.45, 2.75) is 78.0 Å². The van der Waals surface area contributed by atoms with Gasteiger partial charge in [0.2, 0.25) is 0 Å². The second kappa shape index (κ2) is 13.6. The molecule has 232 valence electrons. The van der Waals surface area contributed by atoms with Gasteiger partial charge in [-0.3, -0.25) is 0 Å². The van der Waals surface area contributed by atoms with Crippen molar-refractivity contribution in [2.75, 3.05) is 6.61 Å². The molecule has 3 aromatic carbocycles. The molecule has 0 spiro atoms. The molecular weight excluding hydrogens is 646 g/mol. The van der Waals surface area contributed by atoms with Gasteiger partial charge in [0, 0.05) is 17.4 Å². The number of carbonyl (C=O) groups excluding carboxylic acids is 1. The molecule has 0 amide bonds. The van der Waals surface area contributed by atoms with Gasteiger partial charge in [-0.05, 0) is 66.0 Å². The Bertz CT molecular complexity index is 1490. The van der Waals surface area contributed by atoms with E-state index in [1.807, 2.05) is 31.2 Å². The fourth-order valence-corrected chi connectivity index (χ4v) is 6.64. The first-order valence-electron chi connectivity index (χ1n) is 14.2. The second-order valence-corrected chi connectivity index (χ2v) is 19.0. The first-order chi connectivity index (χ1) is 20.1. The van der Waals surface area contributed by atoms with Gasteiger partial charge in [0.25, 0.3) is 0 Å². The first-order valence-corrected chi connectivity index (χ1v) is 18.6. The van der Waals surface area contributed by atoms with Crippen molar-refractivity contribution in [2.24, 2.45) is 5.92 Å². The van der Waals surface area contributed by atoms with Gasteiger partial charge in [-0.15, -0.1) is 0 Å². The Labute approximate surface area is 275 Å². The summed E-state index contributed by atoms with van der Waals surface area (Å²) in [6.07, 6.45) is -0.789. The Hall–Kier alpha value is -1.93. The van der Waals surface area contributed by atoms with Crippen LogP contribution in [0.1, 0.15) is 55.9 Å². The molecule has 1 saturated heterocycles. The zero-order valence-electron chi connectivity index (χ0n) is 25.5. The van der Waals surface area contributed by atoms with Gasteiger partial charge in [0.15, 0.2) is 25.9 Å². The molecule has 3 atom stereocenters. The van der Waals surface area contributed by atoms with Crippen LogP contribution in [-0.4, -0.2) is 27.0 Å². The maximum atomic E-state index is 13.4. The Kier molecular flexibility index (Phi) is 10.7. The highest BCUT2D eigenvalue weighted by Gasteiger charge is 2.48. The van der Waals surface area contributed by atoms with E-state index in [1.54, 1.807) is 24.3 Å². The zero-order valence-corrected chi connectivity index (χ0v) is 29.5. The minimum atomic E-state index is -2.36. The minimum absolute atomic E-state index is 0.0366. The average Bonchev–Trinajstić information content (AvgIpc) is 2.92. The van der Waals surface area contributed by atoms with Crippen molar-refractivity contribution in [1.29, 1.82) is 0 Å². The summed E-state index contributed by atoms with van der Waals surface area (Å²) in [7, 11) is -2.36. The van der Waals surface area contributed by atoms with E-state index in [4.69, 9.17) is 65.0 Å². The highest BCUT2D eigenvalue weighted by Crippen LogP contribution is 2.47. The van der Waals surface area contributed by atoms with Gasteiger partial charge in [-0.25, -0.2) is 4.79 Å². The number of aryl methyl sites for hydroxylation is 1. The average molecular weight is 685 g/mol. The Morgan fingerprint density at radius 2 is 1.37 bits per heavy atom. The normalized spacial score (nSPS) is 19.2. The van der Waals surface area contributed by atoms with E-state index in [0.29, 0.717) is 31.6 Å². The maximum absolute atomic E-state index is 13.4. The number of hydrogen-bond donors (Lipinski definition) is 0. The standard InChI is InChI=1S/C33H38Cl4O5Si/c1-19-8-11-23(28-20(2)16-41-32(38)31(28)42-43(6,7)33(3,4)5)30(40-18-22-10-13-25(35)27(37)15-22)29(19)39-17-21-9-12-24(34)26(36)14-21/h8-15,20,28,31H,16-18H2,1-7H3/t20-,28+,31-/m0/s1. The number of carbonyl (C=O) groups is 1. The minimum Gasteiger partial charge on any atom is -0.485 e. The van der Waals surface area contributed by atoms with Crippen LogP contribution in [0, 0.1) is 12.8 Å². The molecule has 0 N–H and O–H groups in total. The fourth-order valence-electron chi connectivity index (χ4n) is 4.77. The van der Waals surface area contributed by atoms with Crippen molar-refractivity contribution < 1.29 is 23.4 Å². The van der Waals surface area contributed by atoms with E-state index in [9.17, 15) is 4.79 Å². The fraction of sp³-hybridized carbons (Fsp3) is 0.424. The van der Waals surface area contributed by atoms with Crippen LogP contribution < -0.4 is 9.47 Å². The van der Waals surface area contributed by atoms with Crippen LogP contribution in [0.25, 0.3) is 0 Å². The number of benzene rings is 3. The molecule has 1 aliphatic heterocycles. The Morgan fingerprint density at radius 1 is 0.837 bits per heavy atom. The zero-order chi connectivity index (χ0) is 31.7. The molecule has 0 radical (unpaired) electrons. The largest absolute Gasteiger partial charge is 0.485 e. The maximum Gasteiger partial charge on any atom is 0.334 e. The number of esters is 1. The molecule has 0 saturated carbocycles. The van der Waals surface area contributed by atoms with Crippen molar-refractivity contribution >= 4 is 60.7 Å². The van der Waals surface area contributed by atoms with Gasteiger partial charge >= 0.3 is 5.97 Å². The molecular formula is C33H38Cl4O5Si. The summed E-state index contributed by atoms with van der Waals surface area (Å²) in [5.74, 6) is 0.391. The number of rotatable bonds is 9. The van der Waals surface area contributed by atoms with Crippen LogP contribution in [0.4, 0.5) is 0 Å². The number of ether oxygens (including phenoxy) is 3. The summed E-state index contributed by atoms with van der Waals surface area (Å²) in [6.45, 7) is 15.5.